The topological polar surface area (TPSA) is 30.2 Å². The number of ether oxygens (including phenoxy) is 1. The first kappa shape index (κ1) is 61.8. The van der Waals surface area contributed by atoms with E-state index in [4.69, 9.17) is 39.5 Å². The lowest BCUT2D eigenvalue weighted by atomic mass is 9.12. The van der Waals surface area contributed by atoms with Crippen molar-refractivity contribution in [2.75, 3.05) is 0 Å². The summed E-state index contributed by atoms with van der Waals surface area (Å²) in [5.74, 6) is -0.693. The van der Waals surface area contributed by atoms with E-state index in [1.807, 2.05) is 36.4 Å². The van der Waals surface area contributed by atoms with E-state index in [1.165, 1.54) is 0 Å². The predicted molar refractivity (Wildman–Crippen MR) is 228 cm³/mol. The molecule has 1 aromatic heterocycles. The molecule has 0 N–H and O–H groups in total. The largest absolute Gasteiger partial charge is 0.416 e. The summed E-state index contributed by atoms with van der Waals surface area (Å²) in [4.78, 5) is 12.0. The summed E-state index contributed by atoms with van der Waals surface area (Å²) in [6, 6.07) is 6.05. The molecular weight excluding hydrogens is 1170 g/mol. The Morgan fingerprint density at radius 3 is 0.857 bits per heavy atom. The molecule has 416 valence electrons. The molecule has 0 bridgehead atoms. The van der Waals surface area contributed by atoms with Gasteiger partial charge in [0.25, 0.3) is 5.69 Å². The summed E-state index contributed by atoms with van der Waals surface area (Å²) >= 11 is 16.4. The highest BCUT2D eigenvalue weighted by atomic mass is 35.6. The fourth-order valence-corrected chi connectivity index (χ4v) is 8.02. The fourth-order valence-electron chi connectivity index (χ4n) is 7.81. The average Bonchev–Trinajstić information content (AvgIpc) is 3.27. The quantitative estimate of drug-likeness (QED) is 0.0524. The first-order valence-corrected chi connectivity index (χ1v) is 21.5. The molecule has 3 nitrogen and oxygen atoms in total. The Hall–Kier alpha value is -6.03. The van der Waals surface area contributed by atoms with E-state index in [1.54, 1.807) is 22.9 Å². The Morgan fingerprint density at radius 2 is 0.623 bits per heavy atom. The van der Waals surface area contributed by atoms with Gasteiger partial charge >= 0.3 is 59.4 Å². The molecule has 0 atom stereocenters. The van der Waals surface area contributed by atoms with Crippen molar-refractivity contribution in [2.45, 2.75) is 59.9 Å². The number of nitrogens with zero attached hydrogens (tertiary/aromatic N) is 1. The lowest BCUT2D eigenvalue weighted by Crippen LogP contribution is -2.75. The van der Waals surface area contributed by atoms with Crippen molar-refractivity contribution in [3.63, 3.8) is 0 Å². The first-order chi connectivity index (χ1) is 34.7. The number of hydrogen-bond donors (Lipinski definition) is 0. The maximum Gasteiger partial charge on any atom is 0.416 e. The number of rotatable bonds is 7. The molecule has 0 saturated carbocycles. The highest BCUT2D eigenvalue weighted by Crippen LogP contribution is 2.41. The summed E-state index contributed by atoms with van der Waals surface area (Å²) in [6.45, 7) is 0.520. The van der Waals surface area contributed by atoms with Crippen LogP contribution in [0, 0.1) is 0 Å². The number of carbonyl (C=O) groups is 1. The lowest BCUT2D eigenvalue weighted by Gasteiger charge is -2.46. The van der Waals surface area contributed by atoms with Crippen molar-refractivity contribution in [1.29, 1.82) is 0 Å². The van der Waals surface area contributed by atoms with Gasteiger partial charge in [-0.05, 0) is 65.1 Å². The normalized spacial score (nSPS) is 13.5. The van der Waals surface area contributed by atoms with E-state index in [0.29, 0.717) is 12.2 Å². The Labute approximate surface area is 430 Å². The molecule has 0 saturated heterocycles. The Morgan fingerprint density at radius 1 is 0.377 bits per heavy atom. The number of aromatic nitrogens is 1. The summed E-state index contributed by atoms with van der Waals surface area (Å²) in [6.07, 6.45) is -53.0. The molecule has 31 heteroatoms. The highest BCUT2D eigenvalue weighted by Gasteiger charge is 2.47. The van der Waals surface area contributed by atoms with E-state index in [0.717, 1.165) is 5.56 Å². The van der Waals surface area contributed by atoms with E-state index in [9.17, 15) is 110 Å². The van der Waals surface area contributed by atoms with Gasteiger partial charge in [-0.15, -0.1) is 0 Å². The zero-order valence-corrected chi connectivity index (χ0v) is 39.1. The second-order valence-electron chi connectivity index (χ2n) is 16.3. The Kier molecular flexibility index (Phi) is 17.1. The number of esters is 1. The van der Waals surface area contributed by atoms with Crippen molar-refractivity contribution in [3.05, 3.63) is 183 Å². The van der Waals surface area contributed by atoms with E-state index < -0.39 is 205 Å². The maximum atomic E-state index is 14.2. The van der Waals surface area contributed by atoms with Gasteiger partial charge in [0.2, 0.25) is 0 Å². The van der Waals surface area contributed by atoms with Gasteiger partial charge in [0.1, 0.15) is 6.15 Å². The lowest BCUT2D eigenvalue weighted by molar-refractivity contribution is -0.690. The molecular formula is C46H23BCl3F24NO2. The van der Waals surface area contributed by atoms with Crippen LogP contribution < -0.4 is 26.4 Å². The fraction of sp³-hybridized carbons (Fsp3) is 0.217. The number of hydrogen-bond acceptors (Lipinski definition) is 2. The van der Waals surface area contributed by atoms with Crippen molar-refractivity contribution in [1.82, 2.24) is 0 Å². The van der Waals surface area contributed by atoms with Crippen LogP contribution in [0.15, 0.2) is 128 Å². The molecule has 0 fully saturated rings. The minimum absolute atomic E-state index is 0.308. The molecule has 1 heterocycles. The Balaban J connectivity index is 0.000000455. The monoisotopic (exact) mass is 1190 g/mol. The summed E-state index contributed by atoms with van der Waals surface area (Å²) in [5.41, 5.74) is -28.8. The van der Waals surface area contributed by atoms with Crippen LogP contribution in [0.2, 0.25) is 0 Å². The van der Waals surface area contributed by atoms with Gasteiger partial charge in [-0.1, -0.05) is 78.9 Å². The van der Waals surface area contributed by atoms with Gasteiger partial charge in [-0.2, -0.15) is 132 Å². The second kappa shape index (κ2) is 21.3. The van der Waals surface area contributed by atoms with Crippen molar-refractivity contribution >= 4 is 68.8 Å². The van der Waals surface area contributed by atoms with Crippen LogP contribution in [0.4, 0.5) is 105 Å². The minimum Gasteiger partial charge on any atom is -0.406 e. The van der Waals surface area contributed by atoms with E-state index >= 15 is 0 Å². The van der Waals surface area contributed by atoms with Crippen molar-refractivity contribution < 1.29 is 119 Å². The zero-order valence-electron chi connectivity index (χ0n) is 36.9. The Bertz CT molecular complexity index is 2660. The SMILES string of the molecule is FC(F)(F)c1cc([B-](c2cc(C(F)(F)F)cc(C(F)(F)F)c2)(c2cc(C(F)(F)F)cc(C(F)(F)F)c2)c2cc(C(F)(F)F)cc(C(F)(F)F)c2)cc(C(F)(F)F)c1.O=C(OC(Cl)(Cl)Cl)c1cccc[n+]1Cc1ccccc1. The third kappa shape index (κ3) is 15.2. The van der Waals surface area contributed by atoms with Crippen LogP contribution in [0.25, 0.3) is 0 Å². The van der Waals surface area contributed by atoms with Crippen LogP contribution in [-0.4, -0.2) is 16.1 Å². The summed E-state index contributed by atoms with van der Waals surface area (Å²) < 4.78 is 345. The molecule has 77 heavy (non-hydrogen) atoms. The zero-order chi connectivity index (χ0) is 58.5. The first-order valence-electron chi connectivity index (χ1n) is 20.4. The molecule has 0 aliphatic rings. The number of benzene rings is 5. The highest BCUT2D eigenvalue weighted by molar-refractivity contribution is 7.20. The number of halogens is 27. The predicted octanol–water partition coefficient (Wildman–Crippen LogP) is 14.7. The van der Waals surface area contributed by atoms with Gasteiger partial charge < -0.3 is 4.74 Å². The number of carbonyl (C=O) groups excluding carboxylic acids is 1. The third-order valence-electron chi connectivity index (χ3n) is 11.0. The summed E-state index contributed by atoms with van der Waals surface area (Å²) in [7, 11) is 0. The van der Waals surface area contributed by atoms with Crippen LogP contribution >= 0.6 is 34.8 Å². The molecule has 0 spiro atoms. The third-order valence-corrected chi connectivity index (χ3v) is 11.2. The molecule has 5 aromatic carbocycles. The minimum atomic E-state index is -6.13. The second-order valence-corrected chi connectivity index (χ2v) is 18.4. The standard InChI is InChI=1S/C32H12BF24.C14H11Cl3NO2/c34-25(35,36)13-1-14(26(37,38)39)6-21(5-13)33(22-7-15(27(40,41)42)2-16(8-22)28(43,44)45,23-9-17(29(46,47)48)3-18(10-23)30(49,50)51)24-11-19(31(52,53)54)4-20(12-24)32(55,56)57;15-14(16,17)20-13(19)12-8-4-5-9-18(12)10-11-6-2-1-3-7-11/h1-12H;1-9H,10H2/q-1;+1. The molecule has 6 aromatic rings. The van der Waals surface area contributed by atoms with Gasteiger partial charge in [-0.3, -0.25) is 0 Å². The van der Waals surface area contributed by atoms with Crippen molar-refractivity contribution in [3.8, 4) is 0 Å². The molecule has 0 unspecified atom stereocenters. The van der Waals surface area contributed by atoms with Gasteiger partial charge in [0.15, 0.2) is 12.7 Å². The summed E-state index contributed by atoms with van der Waals surface area (Å²) in [5, 5.41) is 0. The van der Waals surface area contributed by atoms with Crippen molar-refractivity contribution in [2.24, 2.45) is 0 Å². The number of pyridine rings is 1. The van der Waals surface area contributed by atoms with Crippen LogP contribution in [0.1, 0.15) is 60.6 Å². The molecule has 0 radical (unpaired) electrons. The maximum absolute atomic E-state index is 14.2. The van der Waals surface area contributed by atoms with Crippen LogP contribution in [0.5, 0.6) is 0 Å². The van der Waals surface area contributed by atoms with Gasteiger partial charge in [-0.25, -0.2) is 4.79 Å². The molecule has 0 amide bonds. The average molecular weight is 1190 g/mol. The molecule has 0 aliphatic heterocycles. The van der Waals surface area contributed by atoms with Gasteiger partial charge in [0.05, 0.1) is 44.5 Å². The van der Waals surface area contributed by atoms with Crippen LogP contribution in [-0.2, 0) is 60.7 Å². The number of alkyl halides is 27. The molecule has 0 aliphatic carbocycles. The smallest absolute Gasteiger partial charge is 0.406 e. The van der Waals surface area contributed by atoms with E-state index in [-0.39, 0.29) is 0 Å². The van der Waals surface area contributed by atoms with E-state index in [2.05, 4.69) is 0 Å². The van der Waals surface area contributed by atoms with Crippen LogP contribution in [0.3, 0.4) is 0 Å². The van der Waals surface area contributed by atoms with Gasteiger partial charge in [0, 0.05) is 17.7 Å². The molecule has 6 rings (SSSR count).